The van der Waals surface area contributed by atoms with Crippen molar-refractivity contribution in [1.29, 1.82) is 0 Å². The molecule has 0 saturated carbocycles. The predicted octanol–water partition coefficient (Wildman–Crippen LogP) is 3.25. The Morgan fingerprint density at radius 1 is 1.40 bits per heavy atom. The van der Waals surface area contributed by atoms with Crippen LogP contribution in [0.4, 0.5) is 5.69 Å². The van der Waals surface area contributed by atoms with E-state index in [1.807, 2.05) is 20.8 Å². The van der Waals surface area contributed by atoms with Crippen LogP contribution in [0.15, 0.2) is 12.1 Å². The molecule has 0 radical (unpaired) electrons. The van der Waals surface area contributed by atoms with E-state index in [2.05, 4.69) is 0 Å². The van der Waals surface area contributed by atoms with Crippen LogP contribution < -0.4 is 0 Å². The largest absolute Gasteiger partial charge is 0.508 e. The monoisotopic (exact) mass is 229 g/mol. The summed E-state index contributed by atoms with van der Waals surface area (Å²) in [6.07, 6.45) is 0. The standard InChI is InChI=1S/C10H12ClNO3/c1-10(2,3)6-4-8(12(14)15)7(11)5-9(6)13/h4-5,13H,1-3H3. The van der Waals surface area contributed by atoms with Gasteiger partial charge in [-0.3, -0.25) is 10.1 Å². The molecule has 0 saturated heterocycles. The van der Waals surface area contributed by atoms with Crippen molar-refractivity contribution in [1.82, 2.24) is 0 Å². The Labute approximate surface area is 92.6 Å². The Kier molecular flexibility index (Phi) is 2.90. The van der Waals surface area contributed by atoms with Crippen LogP contribution >= 0.6 is 11.6 Å². The number of nitro benzene ring substituents is 1. The lowest BCUT2D eigenvalue weighted by Gasteiger charge is -2.20. The third kappa shape index (κ3) is 2.39. The van der Waals surface area contributed by atoms with Crippen molar-refractivity contribution in [3.8, 4) is 5.75 Å². The van der Waals surface area contributed by atoms with Crippen molar-refractivity contribution < 1.29 is 10.0 Å². The maximum Gasteiger partial charge on any atom is 0.288 e. The summed E-state index contributed by atoms with van der Waals surface area (Å²) in [6, 6.07) is 2.53. The minimum absolute atomic E-state index is 0.0156. The molecule has 5 heteroatoms. The van der Waals surface area contributed by atoms with Gasteiger partial charge < -0.3 is 5.11 Å². The molecular weight excluding hydrogens is 218 g/mol. The molecule has 0 atom stereocenters. The molecule has 82 valence electrons. The second-order valence-corrected chi connectivity index (χ2v) is 4.74. The number of hydrogen-bond donors (Lipinski definition) is 1. The van der Waals surface area contributed by atoms with Gasteiger partial charge in [-0.2, -0.15) is 0 Å². The molecular formula is C10H12ClNO3. The third-order valence-corrected chi connectivity index (χ3v) is 2.37. The fourth-order valence-electron chi connectivity index (χ4n) is 1.29. The van der Waals surface area contributed by atoms with Crippen LogP contribution in [0.2, 0.25) is 5.02 Å². The van der Waals surface area contributed by atoms with Crippen molar-refractivity contribution in [2.24, 2.45) is 0 Å². The molecule has 0 aliphatic heterocycles. The van der Waals surface area contributed by atoms with Gasteiger partial charge in [-0.15, -0.1) is 0 Å². The first-order valence-corrected chi connectivity index (χ1v) is 4.78. The van der Waals surface area contributed by atoms with Gasteiger partial charge in [0.25, 0.3) is 5.69 Å². The smallest absolute Gasteiger partial charge is 0.288 e. The molecule has 0 spiro atoms. The molecule has 1 N–H and O–H groups in total. The quantitative estimate of drug-likeness (QED) is 0.594. The van der Waals surface area contributed by atoms with E-state index in [9.17, 15) is 15.2 Å². The molecule has 0 fully saturated rings. The van der Waals surface area contributed by atoms with Gasteiger partial charge in [0.1, 0.15) is 10.8 Å². The van der Waals surface area contributed by atoms with E-state index in [4.69, 9.17) is 11.6 Å². The fourth-order valence-corrected chi connectivity index (χ4v) is 1.52. The number of nitrogens with zero attached hydrogens (tertiary/aromatic N) is 1. The Morgan fingerprint density at radius 2 is 1.93 bits per heavy atom. The van der Waals surface area contributed by atoms with Crippen LogP contribution in [0.25, 0.3) is 0 Å². The molecule has 0 aliphatic carbocycles. The van der Waals surface area contributed by atoms with E-state index in [0.29, 0.717) is 5.56 Å². The number of phenolic OH excluding ortho intramolecular Hbond substituents is 1. The van der Waals surface area contributed by atoms with Crippen molar-refractivity contribution in [3.63, 3.8) is 0 Å². The molecule has 15 heavy (non-hydrogen) atoms. The van der Waals surface area contributed by atoms with Gasteiger partial charge in [0.05, 0.1) is 4.92 Å². The molecule has 0 aliphatic rings. The predicted molar refractivity (Wildman–Crippen MR) is 58.5 cm³/mol. The van der Waals surface area contributed by atoms with E-state index in [1.54, 1.807) is 0 Å². The van der Waals surface area contributed by atoms with E-state index in [0.717, 1.165) is 0 Å². The first-order chi connectivity index (χ1) is 6.73. The summed E-state index contributed by atoms with van der Waals surface area (Å²) in [7, 11) is 0. The van der Waals surface area contributed by atoms with E-state index in [-0.39, 0.29) is 21.9 Å². The SMILES string of the molecule is CC(C)(C)c1cc([N+](=O)[O-])c(Cl)cc1O. The minimum Gasteiger partial charge on any atom is -0.508 e. The summed E-state index contributed by atoms with van der Waals surface area (Å²) in [4.78, 5) is 10.1. The average molecular weight is 230 g/mol. The second-order valence-electron chi connectivity index (χ2n) is 4.33. The van der Waals surface area contributed by atoms with Crippen LogP contribution in [0.1, 0.15) is 26.3 Å². The molecule has 0 aromatic heterocycles. The third-order valence-electron chi connectivity index (χ3n) is 2.07. The molecule has 1 aromatic rings. The highest BCUT2D eigenvalue weighted by Gasteiger charge is 2.24. The molecule has 1 rings (SSSR count). The maximum atomic E-state index is 10.7. The van der Waals surface area contributed by atoms with Gasteiger partial charge >= 0.3 is 0 Å². The van der Waals surface area contributed by atoms with Gasteiger partial charge in [0, 0.05) is 17.7 Å². The first kappa shape index (κ1) is 11.8. The van der Waals surface area contributed by atoms with Gasteiger partial charge in [0.15, 0.2) is 0 Å². The molecule has 0 bridgehead atoms. The second kappa shape index (κ2) is 3.70. The van der Waals surface area contributed by atoms with E-state index < -0.39 is 4.92 Å². The highest BCUT2D eigenvalue weighted by molar-refractivity contribution is 6.32. The zero-order valence-electron chi connectivity index (χ0n) is 8.74. The van der Waals surface area contributed by atoms with Crippen molar-refractivity contribution >= 4 is 17.3 Å². The van der Waals surface area contributed by atoms with Gasteiger partial charge in [-0.05, 0) is 5.41 Å². The summed E-state index contributed by atoms with van der Waals surface area (Å²) >= 11 is 5.64. The lowest BCUT2D eigenvalue weighted by Crippen LogP contribution is -2.11. The number of hydrogen-bond acceptors (Lipinski definition) is 3. The molecule has 1 aromatic carbocycles. The number of halogens is 1. The summed E-state index contributed by atoms with van der Waals surface area (Å²) in [6.45, 7) is 5.58. The highest BCUT2D eigenvalue weighted by Crippen LogP contribution is 2.37. The topological polar surface area (TPSA) is 63.4 Å². The van der Waals surface area contributed by atoms with E-state index in [1.165, 1.54) is 12.1 Å². The number of phenols is 1. The normalized spacial score (nSPS) is 11.5. The lowest BCUT2D eigenvalue weighted by molar-refractivity contribution is -0.384. The Hall–Kier alpha value is -1.29. The summed E-state index contributed by atoms with van der Waals surface area (Å²) in [5.74, 6) is -0.0156. The highest BCUT2D eigenvalue weighted by atomic mass is 35.5. The van der Waals surface area contributed by atoms with Crippen LogP contribution in [0.3, 0.4) is 0 Å². The zero-order chi connectivity index (χ0) is 11.8. The van der Waals surface area contributed by atoms with Crippen LogP contribution in [-0.4, -0.2) is 10.0 Å². The van der Waals surface area contributed by atoms with Gasteiger partial charge in [-0.1, -0.05) is 32.4 Å². The molecule has 0 amide bonds. The van der Waals surface area contributed by atoms with Gasteiger partial charge in [-0.25, -0.2) is 0 Å². The fraction of sp³-hybridized carbons (Fsp3) is 0.400. The number of aromatic hydroxyl groups is 1. The van der Waals surface area contributed by atoms with Crippen LogP contribution in [0.5, 0.6) is 5.75 Å². The molecule has 0 heterocycles. The summed E-state index contributed by atoms with van der Waals surface area (Å²) < 4.78 is 0. The van der Waals surface area contributed by atoms with E-state index >= 15 is 0 Å². The van der Waals surface area contributed by atoms with Crippen LogP contribution in [0, 0.1) is 10.1 Å². The molecule has 0 unspecified atom stereocenters. The first-order valence-electron chi connectivity index (χ1n) is 4.41. The van der Waals surface area contributed by atoms with Crippen molar-refractivity contribution in [2.75, 3.05) is 0 Å². The van der Waals surface area contributed by atoms with Crippen molar-refractivity contribution in [3.05, 3.63) is 32.8 Å². The Morgan fingerprint density at radius 3 is 2.33 bits per heavy atom. The summed E-state index contributed by atoms with van der Waals surface area (Å²) in [5, 5.41) is 20.2. The zero-order valence-corrected chi connectivity index (χ0v) is 9.50. The number of benzene rings is 1. The van der Waals surface area contributed by atoms with Gasteiger partial charge in [0.2, 0.25) is 0 Å². The average Bonchev–Trinajstić information content (AvgIpc) is 2.00. The number of rotatable bonds is 1. The Balaban J connectivity index is 3.43. The molecule has 4 nitrogen and oxygen atoms in total. The van der Waals surface area contributed by atoms with Crippen LogP contribution in [-0.2, 0) is 5.41 Å². The van der Waals surface area contributed by atoms with Crippen molar-refractivity contribution in [2.45, 2.75) is 26.2 Å². The minimum atomic E-state index is -0.559. The Bertz CT molecular complexity index is 410. The maximum absolute atomic E-state index is 10.7. The lowest BCUT2D eigenvalue weighted by atomic mass is 9.86. The number of nitro groups is 1. The summed E-state index contributed by atoms with van der Waals surface area (Å²) in [5.41, 5.74) is -0.0302.